The molecule has 7 atom stereocenters. The Morgan fingerprint density at radius 1 is 1.13 bits per heavy atom. The molecule has 0 radical (unpaired) electrons. The first-order valence-electron chi connectivity index (χ1n) is 15.9. The van der Waals surface area contributed by atoms with Crippen LogP contribution in [0.25, 0.3) is 10.2 Å². The van der Waals surface area contributed by atoms with E-state index < -0.39 is 41.2 Å². The number of hydrogen-bond donors (Lipinski definition) is 5. The Hall–Kier alpha value is -3.25. The number of urea groups is 1. The molecule has 3 heterocycles. The summed E-state index contributed by atoms with van der Waals surface area (Å²) in [5.41, 5.74) is -0.505. The lowest BCUT2D eigenvalue weighted by atomic mass is 9.85. The van der Waals surface area contributed by atoms with Crippen molar-refractivity contribution >= 4 is 45.3 Å². The SMILES string of the molecule is CC(C)(C)NC(=O)N[C@H](C(=O)N1C[C@H]2[C@@H]([C@H]1C(=O)N[C@@H](C[C@@H]1CCNC1=O)[C@H](O)c1nc3ccccc3s1)C2(C)C)C(C)(C)C. The first-order chi connectivity index (χ1) is 20.9. The number of piperidine rings is 1. The summed E-state index contributed by atoms with van der Waals surface area (Å²) >= 11 is 1.36. The Morgan fingerprint density at radius 2 is 1.82 bits per heavy atom. The average Bonchev–Trinajstić information content (AvgIpc) is 3.44. The van der Waals surface area contributed by atoms with Crippen molar-refractivity contribution in [2.75, 3.05) is 13.1 Å². The van der Waals surface area contributed by atoms with E-state index in [1.54, 1.807) is 4.90 Å². The Bertz CT molecular complexity index is 1440. The third kappa shape index (κ3) is 6.82. The number of aliphatic hydroxyl groups is 1. The maximum atomic E-state index is 14.3. The number of carbonyl (C=O) groups is 4. The van der Waals surface area contributed by atoms with Gasteiger partial charge in [-0.25, -0.2) is 9.78 Å². The number of rotatable bonds is 8. The van der Waals surface area contributed by atoms with Crippen molar-refractivity contribution in [2.24, 2.45) is 28.6 Å². The van der Waals surface area contributed by atoms with Crippen molar-refractivity contribution in [3.8, 4) is 0 Å². The van der Waals surface area contributed by atoms with E-state index >= 15 is 0 Å². The van der Waals surface area contributed by atoms with Gasteiger partial charge < -0.3 is 31.3 Å². The van der Waals surface area contributed by atoms with Gasteiger partial charge in [0.2, 0.25) is 17.7 Å². The number of benzene rings is 1. The molecular weight excluding hydrogens is 592 g/mol. The topological polar surface area (TPSA) is 153 Å². The molecule has 3 aliphatic rings. The standard InChI is InChI=1S/C33H48N6O5S/c1-31(2,3)25(37-30(44)38-32(4,5)6)29(43)39-16-18-22(33(18,7)8)23(39)27(42)35-20(15-17-13-14-34-26(17)41)24(40)28-36-19-11-9-10-12-21(19)45-28/h9-12,17-18,20,22-25,40H,13-16H2,1-8H3,(H,34,41)(H,35,42)(H2,37,38,44)/t17-,18-,20-,22-,23-,24-,25+/m0/s1. The number of para-hydroxylation sites is 1. The first kappa shape index (κ1) is 33.1. The number of aliphatic hydroxyl groups excluding tert-OH is 1. The van der Waals surface area contributed by atoms with Gasteiger partial charge in [-0.15, -0.1) is 11.3 Å². The molecule has 2 saturated heterocycles. The van der Waals surface area contributed by atoms with Crippen LogP contribution in [0.15, 0.2) is 24.3 Å². The van der Waals surface area contributed by atoms with Crippen LogP contribution in [-0.4, -0.2) is 75.5 Å². The van der Waals surface area contributed by atoms with Gasteiger partial charge in [-0.05, 0) is 68.4 Å². The summed E-state index contributed by atoms with van der Waals surface area (Å²) in [4.78, 5) is 60.3. The van der Waals surface area contributed by atoms with Crippen molar-refractivity contribution in [3.05, 3.63) is 29.3 Å². The number of nitrogens with zero attached hydrogens (tertiary/aromatic N) is 2. The number of aromatic nitrogens is 1. The summed E-state index contributed by atoms with van der Waals surface area (Å²) in [6, 6.07) is 4.70. The second-order valence-corrected chi connectivity index (χ2v) is 16.7. The zero-order valence-corrected chi connectivity index (χ0v) is 28.4. The molecule has 12 heteroatoms. The highest BCUT2D eigenvalue weighted by atomic mass is 32.1. The van der Waals surface area contributed by atoms with Gasteiger partial charge in [0, 0.05) is 24.5 Å². The van der Waals surface area contributed by atoms with Gasteiger partial charge in [0.15, 0.2) is 0 Å². The third-order valence-electron chi connectivity index (χ3n) is 9.61. The number of carbonyl (C=O) groups excluding carboxylic acids is 4. The number of hydrogen-bond acceptors (Lipinski definition) is 7. The van der Waals surface area contributed by atoms with Gasteiger partial charge in [-0.3, -0.25) is 14.4 Å². The lowest BCUT2D eigenvalue weighted by molar-refractivity contribution is -0.144. The van der Waals surface area contributed by atoms with Crippen LogP contribution in [0.5, 0.6) is 0 Å². The molecule has 1 aromatic heterocycles. The highest BCUT2D eigenvalue weighted by Gasteiger charge is 2.70. The highest BCUT2D eigenvalue weighted by molar-refractivity contribution is 7.18. The van der Waals surface area contributed by atoms with Crippen LogP contribution in [0.2, 0.25) is 0 Å². The van der Waals surface area contributed by atoms with Crippen LogP contribution in [-0.2, 0) is 14.4 Å². The van der Waals surface area contributed by atoms with Crippen molar-refractivity contribution in [3.63, 3.8) is 0 Å². The van der Waals surface area contributed by atoms with Crippen molar-refractivity contribution in [2.45, 2.75) is 98.0 Å². The minimum atomic E-state index is -1.14. The Kier molecular flexibility index (Phi) is 8.71. The molecule has 3 fully saturated rings. The van der Waals surface area contributed by atoms with Crippen LogP contribution in [0.4, 0.5) is 4.79 Å². The minimum Gasteiger partial charge on any atom is -0.384 e. The molecule has 5 N–H and O–H groups in total. The summed E-state index contributed by atoms with van der Waals surface area (Å²) in [5.74, 6) is -1.07. The quantitative estimate of drug-likeness (QED) is 0.299. The average molecular weight is 641 g/mol. The second kappa shape index (κ2) is 11.8. The van der Waals surface area contributed by atoms with E-state index in [0.29, 0.717) is 24.5 Å². The fourth-order valence-corrected chi connectivity index (χ4v) is 8.05. The van der Waals surface area contributed by atoms with Crippen molar-refractivity contribution < 1.29 is 24.3 Å². The van der Waals surface area contributed by atoms with E-state index in [2.05, 4.69) is 40.1 Å². The third-order valence-corrected chi connectivity index (χ3v) is 10.7. The predicted octanol–water partition coefficient (Wildman–Crippen LogP) is 3.34. The van der Waals surface area contributed by atoms with Crippen molar-refractivity contribution in [1.82, 2.24) is 31.2 Å². The minimum absolute atomic E-state index is 0.0690. The van der Waals surface area contributed by atoms with E-state index in [4.69, 9.17) is 0 Å². The van der Waals surface area contributed by atoms with Crippen LogP contribution in [0.1, 0.15) is 79.3 Å². The van der Waals surface area contributed by atoms with E-state index in [-0.39, 0.29) is 47.3 Å². The molecule has 45 heavy (non-hydrogen) atoms. The van der Waals surface area contributed by atoms with Gasteiger partial charge in [0.1, 0.15) is 23.2 Å². The molecule has 246 valence electrons. The zero-order chi connectivity index (χ0) is 33.1. The number of amides is 5. The summed E-state index contributed by atoms with van der Waals surface area (Å²) in [6.45, 7) is 16.4. The first-order valence-corrected chi connectivity index (χ1v) is 16.7. The molecule has 1 aliphatic carbocycles. The zero-order valence-electron chi connectivity index (χ0n) is 27.6. The molecule has 0 bridgehead atoms. The van der Waals surface area contributed by atoms with Gasteiger partial charge in [0.05, 0.1) is 16.3 Å². The number of fused-ring (bicyclic) bond motifs is 2. The summed E-state index contributed by atoms with van der Waals surface area (Å²) in [7, 11) is 0. The monoisotopic (exact) mass is 640 g/mol. The molecule has 1 aromatic carbocycles. The number of nitrogens with one attached hydrogen (secondary N) is 4. The van der Waals surface area contributed by atoms with Gasteiger partial charge >= 0.3 is 6.03 Å². The van der Waals surface area contributed by atoms with Crippen LogP contribution in [0.3, 0.4) is 0 Å². The highest BCUT2D eigenvalue weighted by Crippen LogP contribution is 2.65. The van der Waals surface area contributed by atoms with Gasteiger partial charge in [-0.1, -0.05) is 46.8 Å². The van der Waals surface area contributed by atoms with E-state index in [0.717, 1.165) is 10.2 Å². The van der Waals surface area contributed by atoms with Crippen LogP contribution < -0.4 is 21.3 Å². The molecule has 2 aromatic rings. The van der Waals surface area contributed by atoms with Crippen molar-refractivity contribution in [1.29, 1.82) is 0 Å². The maximum absolute atomic E-state index is 14.3. The lowest BCUT2D eigenvalue weighted by Crippen LogP contribution is -2.62. The van der Waals surface area contributed by atoms with Gasteiger partial charge in [0.25, 0.3) is 0 Å². The molecule has 2 aliphatic heterocycles. The Balaban J connectivity index is 1.41. The number of thiazole rings is 1. The predicted molar refractivity (Wildman–Crippen MR) is 173 cm³/mol. The Labute approximate surface area is 269 Å². The summed E-state index contributed by atoms with van der Waals surface area (Å²) in [6.07, 6.45) is -0.288. The largest absolute Gasteiger partial charge is 0.384 e. The Morgan fingerprint density at radius 3 is 2.42 bits per heavy atom. The molecule has 0 unspecified atom stereocenters. The van der Waals surface area contributed by atoms with Crippen LogP contribution in [0, 0.1) is 28.6 Å². The number of likely N-dealkylation sites (tertiary alicyclic amines) is 1. The van der Waals surface area contributed by atoms with E-state index in [1.807, 2.05) is 65.8 Å². The van der Waals surface area contributed by atoms with Gasteiger partial charge in [-0.2, -0.15) is 0 Å². The molecule has 11 nitrogen and oxygen atoms in total. The van der Waals surface area contributed by atoms with E-state index in [1.165, 1.54) is 11.3 Å². The lowest BCUT2D eigenvalue weighted by Gasteiger charge is -2.38. The fourth-order valence-electron chi connectivity index (χ4n) is 7.04. The van der Waals surface area contributed by atoms with Crippen LogP contribution >= 0.6 is 11.3 Å². The second-order valence-electron chi connectivity index (χ2n) is 15.6. The molecule has 5 amide bonds. The molecule has 0 spiro atoms. The van der Waals surface area contributed by atoms with E-state index in [9.17, 15) is 24.3 Å². The summed E-state index contributed by atoms with van der Waals surface area (Å²) in [5, 5.41) is 23.8. The molecule has 1 saturated carbocycles. The molecule has 5 rings (SSSR count). The normalized spacial score (nSPS) is 26.1. The maximum Gasteiger partial charge on any atom is 0.315 e. The fraction of sp³-hybridized carbons (Fsp3) is 0.667. The molecular formula is C33H48N6O5S. The smallest absolute Gasteiger partial charge is 0.315 e. The summed E-state index contributed by atoms with van der Waals surface area (Å²) < 4.78 is 0.918.